The molecule has 0 radical (unpaired) electrons. The van der Waals surface area contributed by atoms with Crippen LogP contribution in [0.2, 0.25) is 0 Å². The number of nitrogens with zero attached hydrogens (tertiary/aromatic N) is 1. The van der Waals surface area contributed by atoms with E-state index in [1.165, 1.54) is 36.3 Å². The molecule has 0 unspecified atom stereocenters. The number of carbonyl (C=O) groups is 1. The fourth-order valence-electron chi connectivity index (χ4n) is 3.20. The first-order valence-corrected chi connectivity index (χ1v) is 8.14. The van der Waals surface area contributed by atoms with Gasteiger partial charge in [-0.25, -0.2) is 4.39 Å². The molecule has 0 atom stereocenters. The summed E-state index contributed by atoms with van der Waals surface area (Å²) in [5.41, 5.74) is 1.92. The highest BCUT2D eigenvalue weighted by Crippen LogP contribution is 2.34. The number of aryl methyl sites for hydroxylation is 2. The highest BCUT2D eigenvalue weighted by molar-refractivity contribution is 6.07. The maximum absolute atomic E-state index is 14.5. The molecule has 0 bridgehead atoms. The molecule has 3 rings (SSSR count). The molecule has 0 aliphatic carbocycles. The molecule has 0 saturated carbocycles. The molecule has 0 aromatic heterocycles. The highest BCUT2D eigenvalue weighted by atomic mass is 19.3. The maximum Gasteiger partial charge on any atom is 0.387 e. The molecule has 2 aromatic rings. The van der Waals surface area contributed by atoms with E-state index in [-0.39, 0.29) is 22.7 Å². The van der Waals surface area contributed by atoms with Crippen LogP contribution in [0.3, 0.4) is 0 Å². The van der Waals surface area contributed by atoms with Gasteiger partial charge in [0.25, 0.3) is 5.91 Å². The van der Waals surface area contributed by atoms with Crippen molar-refractivity contribution in [2.45, 2.75) is 26.4 Å². The second kappa shape index (κ2) is 7.27. The van der Waals surface area contributed by atoms with Crippen LogP contribution < -0.4 is 14.4 Å². The number of benzene rings is 2. The van der Waals surface area contributed by atoms with Crippen LogP contribution in [0.25, 0.3) is 0 Å². The Kier molecular flexibility index (Phi) is 5.06. The lowest BCUT2D eigenvalue weighted by Crippen LogP contribution is -2.36. The van der Waals surface area contributed by atoms with E-state index in [0.29, 0.717) is 19.4 Å². The normalized spacial score (nSPS) is 13.5. The summed E-state index contributed by atoms with van der Waals surface area (Å²) >= 11 is 0. The first-order valence-electron chi connectivity index (χ1n) is 8.14. The third kappa shape index (κ3) is 3.47. The number of hydrogen-bond acceptors (Lipinski definition) is 3. The van der Waals surface area contributed by atoms with Gasteiger partial charge in [0.15, 0.2) is 11.5 Å². The number of anilines is 1. The number of alkyl halides is 2. The predicted molar refractivity (Wildman–Crippen MR) is 90.8 cm³/mol. The third-order valence-electron chi connectivity index (χ3n) is 4.26. The molecule has 0 spiro atoms. The zero-order valence-corrected chi connectivity index (χ0v) is 14.4. The molecule has 0 fully saturated rings. The molecule has 138 valence electrons. The van der Waals surface area contributed by atoms with Gasteiger partial charge >= 0.3 is 6.61 Å². The van der Waals surface area contributed by atoms with Crippen LogP contribution in [0.5, 0.6) is 11.5 Å². The maximum atomic E-state index is 14.5. The molecular weight excluding hydrogens is 347 g/mol. The van der Waals surface area contributed by atoms with E-state index in [9.17, 15) is 18.0 Å². The summed E-state index contributed by atoms with van der Waals surface area (Å²) in [6, 6.07) is 7.25. The van der Waals surface area contributed by atoms with Crippen molar-refractivity contribution in [3.05, 3.63) is 52.8 Å². The molecular formula is C19H18F3NO3. The van der Waals surface area contributed by atoms with Crippen molar-refractivity contribution >= 4 is 11.6 Å². The Balaban J connectivity index is 1.99. The van der Waals surface area contributed by atoms with Crippen LogP contribution in [-0.2, 0) is 6.42 Å². The molecule has 26 heavy (non-hydrogen) atoms. The van der Waals surface area contributed by atoms with Gasteiger partial charge in [-0.1, -0.05) is 6.07 Å². The fraction of sp³-hybridized carbons (Fsp3) is 0.316. The Hall–Kier alpha value is -2.70. The summed E-state index contributed by atoms with van der Waals surface area (Å²) in [6.45, 7) is -0.907. The molecule has 2 aromatic carbocycles. The van der Waals surface area contributed by atoms with Crippen LogP contribution >= 0.6 is 0 Å². The molecule has 1 amide bonds. The van der Waals surface area contributed by atoms with Crippen molar-refractivity contribution in [2.24, 2.45) is 0 Å². The van der Waals surface area contributed by atoms with E-state index in [1.54, 1.807) is 6.92 Å². The number of hydrogen-bond donors (Lipinski definition) is 0. The van der Waals surface area contributed by atoms with Crippen molar-refractivity contribution in [2.75, 3.05) is 18.6 Å². The van der Waals surface area contributed by atoms with E-state index in [2.05, 4.69) is 4.74 Å². The first-order chi connectivity index (χ1) is 12.4. The zero-order valence-electron chi connectivity index (χ0n) is 14.4. The molecule has 0 saturated heterocycles. The van der Waals surface area contributed by atoms with Crippen molar-refractivity contribution in [3.8, 4) is 11.5 Å². The van der Waals surface area contributed by atoms with Gasteiger partial charge in [-0.3, -0.25) is 4.79 Å². The Morgan fingerprint density at radius 2 is 1.96 bits per heavy atom. The average molecular weight is 365 g/mol. The molecule has 0 N–H and O–H groups in total. The average Bonchev–Trinajstić information content (AvgIpc) is 2.59. The fourth-order valence-corrected chi connectivity index (χ4v) is 3.20. The molecule has 4 nitrogen and oxygen atoms in total. The number of rotatable bonds is 4. The van der Waals surface area contributed by atoms with E-state index in [0.717, 1.165) is 11.1 Å². The summed E-state index contributed by atoms with van der Waals surface area (Å²) in [7, 11) is 1.31. The molecule has 1 heterocycles. The van der Waals surface area contributed by atoms with Gasteiger partial charge in [-0.2, -0.15) is 8.78 Å². The van der Waals surface area contributed by atoms with Gasteiger partial charge < -0.3 is 14.4 Å². The zero-order chi connectivity index (χ0) is 18.8. The topological polar surface area (TPSA) is 38.8 Å². The standard InChI is InChI=1S/C19H18F3NO3/c1-11-8-12-4-3-7-23(17(12)14(20)9-11)18(24)13-5-6-15(25-2)16(10-13)26-19(21)22/h5-6,8-10,19H,3-4,7H2,1-2H3. The lowest BCUT2D eigenvalue weighted by atomic mass is 9.98. The summed E-state index contributed by atoms with van der Waals surface area (Å²) in [5, 5.41) is 0. The van der Waals surface area contributed by atoms with E-state index < -0.39 is 18.3 Å². The van der Waals surface area contributed by atoms with Gasteiger partial charge in [-0.05, 0) is 55.2 Å². The van der Waals surface area contributed by atoms with Crippen LogP contribution in [0.4, 0.5) is 18.9 Å². The minimum atomic E-state index is -3.05. The lowest BCUT2D eigenvalue weighted by molar-refractivity contribution is -0.0512. The van der Waals surface area contributed by atoms with Gasteiger partial charge in [0.2, 0.25) is 0 Å². The lowest BCUT2D eigenvalue weighted by Gasteiger charge is -2.30. The van der Waals surface area contributed by atoms with E-state index in [1.807, 2.05) is 6.07 Å². The Morgan fingerprint density at radius 3 is 2.65 bits per heavy atom. The first kappa shape index (κ1) is 18.1. The largest absolute Gasteiger partial charge is 0.493 e. The van der Waals surface area contributed by atoms with Crippen molar-refractivity contribution in [1.29, 1.82) is 0 Å². The minimum Gasteiger partial charge on any atom is -0.493 e. The van der Waals surface area contributed by atoms with Crippen LogP contribution in [0, 0.1) is 12.7 Å². The van der Waals surface area contributed by atoms with Gasteiger partial charge in [-0.15, -0.1) is 0 Å². The Bertz CT molecular complexity index is 839. The SMILES string of the molecule is COc1ccc(C(=O)N2CCCc3cc(C)cc(F)c32)cc1OC(F)F. The highest BCUT2D eigenvalue weighted by Gasteiger charge is 2.27. The summed E-state index contributed by atoms with van der Waals surface area (Å²) in [4.78, 5) is 14.3. The predicted octanol–water partition coefficient (Wildman–Crippen LogP) is 4.34. The van der Waals surface area contributed by atoms with Gasteiger partial charge in [0.05, 0.1) is 12.8 Å². The van der Waals surface area contributed by atoms with Crippen LogP contribution in [-0.4, -0.2) is 26.2 Å². The van der Waals surface area contributed by atoms with Gasteiger partial charge in [0, 0.05) is 12.1 Å². The minimum absolute atomic E-state index is 0.0858. The third-order valence-corrected chi connectivity index (χ3v) is 4.26. The molecule has 1 aliphatic rings. The van der Waals surface area contributed by atoms with E-state index >= 15 is 0 Å². The monoisotopic (exact) mass is 365 g/mol. The van der Waals surface area contributed by atoms with Crippen molar-refractivity contribution in [3.63, 3.8) is 0 Å². The summed E-state index contributed by atoms with van der Waals surface area (Å²) in [5.74, 6) is -1.10. The number of amides is 1. The number of carbonyl (C=O) groups excluding carboxylic acids is 1. The number of halogens is 3. The number of methoxy groups -OCH3 is 1. The Labute approximate surface area is 149 Å². The Morgan fingerprint density at radius 1 is 1.19 bits per heavy atom. The smallest absolute Gasteiger partial charge is 0.387 e. The molecule has 7 heteroatoms. The van der Waals surface area contributed by atoms with Crippen LogP contribution in [0.15, 0.2) is 30.3 Å². The number of ether oxygens (including phenoxy) is 2. The quantitative estimate of drug-likeness (QED) is 0.809. The van der Waals surface area contributed by atoms with Crippen molar-refractivity contribution < 1.29 is 27.4 Å². The summed E-state index contributed by atoms with van der Waals surface area (Å²) < 4.78 is 49.1. The second-order valence-corrected chi connectivity index (χ2v) is 6.06. The summed E-state index contributed by atoms with van der Waals surface area (Å²) in [6.07, 6.45) is 1.37. The van der Waals surface area contributed by atoms with Crippen molar-refractivity contribution in [1.82, 2.24) is 0 Å². The van der Waals surface area contributed by atoms with E-state index in [4.69, 9.17) is 4.74 Å². The van der Waals surface area contributed by atoms with Crippen LogP contribution in [0.1, 0.15) is 27.9 Å². The molecule has 1 aliphatic heterocycles. The number of fused-ring (bicyclic) bond motifs is 1. The second-order valence-electron chi connectivity index (χ2n) is 6.06. The van der Waals surface area contributed by atoms with Gasteiger partial charge in [0.1, 0.15) is 5.82 Å².